The molecule has 2 atom stereocenters. The third kappa shape index (κ3) is 2.46. The maximum absolute atomic E-state index is 13.9. The molecule has 122 valence electrons. The number of rotatable bonds is 3. The van der Waals surface area contributed by atoms with E-state index in [1.165, 1.54) is 0 Å². The van der Waals surface area contributed by atoms with Crippen molar-refractivity contribution in [1.82, 2.24) is 0 Å². The summed E-state index contributed by atoms with van der Waals surface area (Å²) in [6.45, 7) is 0. The molecule has 0 heterocycles. The zero-order valence-corrected chi connectivity index (χ0v) is 11.4. The van der Waals surface area contributed by atoms with Crippen LogP contribution in [-0.2, 0) is 0 Å². The van der Waals surface area contributed by atoms with Crippen molar-refractivity contribution in [1.29, 1.82) is 0 Å². The van der Waals surface area contributed by atoms with Crippen LogP contribution < -0.4 is 0 Å². The lowest BCUT2D eigenvalue weighted by Gasteiger charge is -2.56. The lowest BCUT2D eigenvalue weighted by molar-refractivity contribution is -0.303. The summed E-state index contributed by atoms with van der Waals surface area (Å²) in [5.41, 5.74) is 0. The maximum Gasteiger partial charge on any atom is 0.420 e. The minimum Gasteiger partial charge on any atom is -0.386 e. The second-order valence-electron chi connectivity index (χ2n) is 7.07. The van der Waals surface area contributed by atoms with Gasteiger partial charge in [-0.1, -0.05) is 0 Å². The Morgan fingerprint density at radius 3 is 1.57 bits per heavy atom. The molecule has 2 N–H and O–H groups in total. The molecule has 4 bridgehead atoms. The highest BCUT2D eigenvalue weighted by Gasteiger charge is 2.63. The molecule has 4 rings (SSSR count). The van der Waals surface area contributed by atoms with Crippen LogP contribution in [-0.4, -0.2) is 34.5 Å². The molecule has 0 aromatic rings. The summed E-state index contributed by atoms with van der Waals surface area (Å²) in [6, 6.07) is 0. The van der Waals surface area contributed by atoms with Gasteiger partial charge in [0.1, 0.15) is 6.10 Å². The van der Waals surface area contributed by atoms with E-state index in [9.17, 15) is 27.1 Å². The summed E-state index contributed by atoms with van der Waals surface area (Å²) in [5, 5.41) is 18.8. The van der Waals surface area contributed by atoms with Crippen LogP contribution in [0.15, 0.2) is 0 Å². The molecule has 4 fully saturated rings. The predicted octanol–water partition coefficient (Wildman–Crippen LogP) is 2.98. The largest absolute Gasteiger partial charge is 0.420 e. The van der Waals surface area contributed by atoms with Gasteiger partial charge in [0.15, 0.2) is 0 Å². The van der Waals surface area contributed by atoms with Crippen LogP contribution in [0.1, 0.15) is 32.1 Å². The minimum atomic E-state index is -5.43. The van der Waals surface area contributed by atoms with Crippen molar-refractivity contribution in [3.8, 4) is 0 Å². The van der Waals surface area contributed by atoms with Gasteiger partial charge < -0.3 is 10.2 Å². The summed E-state index contributed by atoms with van der Waals surface area (Å²) in [5.74, 6) is -4.72. The third-order valence-electron chi connectivity index (χ3n) is 5.73. The fourth-order valence-corrected chi connectivity index (χ4v) is 5.12. The minimum absolute atomic E-state index is 0.137. The van der Waals surface area contributed by atoms with Gasteiger partial charge >= 0.3 is 12.1 Å². The Morgan fingerprint density at radius 2 is 1.19 bits per heavy atom. The number of aliphatic hydroxyl groups is 2. The fraction of sp³-hybridized carbons (Fsp3) is 1.00. The molecular formula is C14H19F5O2. The molecule has 0 spiro atoms. The smallest absolute Gasteiger partial charge is 0.386 e. The van der Waals surface area contributed by atoms with Gasteiger partial charge in [0.25, 0.3) is 0 Å². The van der Waals surface area contributed by atoms with Crippen molar-refractivity contribution in [3.05, 3.63) is 0 Å². The maximum atomic E-state index is 13.9. The number of alkyl halides is 5. The van der Waals surface area contributed by atoms with Gasteiger partial charge in [-0.3, -0.25) is 0 Å². The normalized spacial score (nSPS) is 42.1. The van der Waals surface area contributed by atoms with E-state index in [0.717, 1.165) is 6.42 Å². The topological polar surface area (TPSA) is 40.5 Å². The molecule has 4 aliphatic carbocycles. The lowest BCUT2D eigenvalue weighted by Crippen LogP contribution is -2.59. The first-order valence-electron chi connectivity index (χ1n) is 7.41. The van der Waals surface area contributed by atoms with Crippen LogP contribution in [0.25, 0.3) is 0 Å². The molecule has 0 radical (unpaired) electrons. The molecule has 0 saturated heterocycles. The van der Waals surface area contributed by atoms with Crippen LogP contribution in [0.5, 0.6) is 0 Å². The van der Waals surface area contributed by atoms with E-state index in [1.807, 2.05) is 0 Å². The van der Waals surface area contributed by atoms with Gasteiger partial charge in [-0.2, -0.15) is 13.2 Å². The average Bonchev–Trinajstić information content (AvgIpc) is 2.35. The predicted molar refractivity (Wildman–Crippen MR) is 63.6 cm³/mol. The monoisotopic (exact) mass is 314 g/mol. The Morgan fingerprint density at radius 1 is 0.762 bits per heavy atom. The molecule has 0 aromatic heterocycles. The van der Waals surface area contributed by atoms with E-state index in [2.05, 4.69) is 0 Å². The van der Waals surface area contributed by atoms with E-state index in [4.69, 9.17) is 5.11 Å². The number of halogens is 5. The lowest BCUT2D eigenvalue weighted by atomic mass is 9.50. The second kappa shape index (κ2) is 4.78. The van der Waals surface area contributed by atoms with Crippen molar-refractivity contribution in [2.24, 2.45) is 29.6 Å². The molecule has 2 unspecified atom stereocenters. The molecule has 4 saturated carbocycles. The van der Waals surface area contributed by atoms with Crippen molar-refractivity contribution in [3.63, 3.8) is 0 Å². The van der Waals surface area contributed by atoms with Crippen LogP contribution >= 0.6 is 0 Å². The van der Waals surface area contributed by atoms with Gasteiger partial charge in [0.2, 0.25) is 6.10 Å². The van der Waals surface area contributed by atoms with E-state index in [1.54, 1.807) is 0 Å². The Hall–Kier alpha value is -0.430. The summed E-state index contributed by atoms with van der Waals surface area (Å²) in [4.78, 5) is 0. The number of hydrogen-bond acceptors (Lipinski definition) is 2. The molecule has 21 heavy (non-hydrogen) atoms. The Kier molecular flexibility index (Phi) is 3.52. The van der Waals surface area contributed by atoms with Gasteiger partial charge in [-0.25, -0.2) is 8.78 Å². The fourth-order valence-electron chi connectivity index (χ4n) is 5.12. The van der Waals surface area contributed by atoms with Crippen molar-refractivity contribution < 1.29 is 32.2 Å². The van der Waals surface area contributed by atoms with E-state index in [0.29, 0.717) is 37.5 Å². The van der Waals surface area contributed by atoms with Crippen molar-refractivity contribution in [2.45, 2.75) is 56.4 Å². The molecule has 0 aromatic carbocycles. The van der Waals surface area contributed by atoms with Gasteiger partial charge in [-0.15, -0.1) is 0 Å². The van der Waals surface area contributed by atoms with Crippen molar-refractivity contribution in [2.75, 3.05) is 0 Å². The van der Waals surface area contributed by atoms with Crippen LogP contribution in [0.4, 0.5) is 22.0 Å². The van der Waals surface area contributed by atoms with E-state index >= 15 is 0 Å². The van der Waals surface area contributed by atoms with Crippen molar-refractivity contribution >= 4 is 0 Å². The highest BCUT2D eigenvalue weighted by molar-refractivity contribution is 5.04. The SMILES string of the molecule is OC(C1C2CC3CC(C2)CC1C3)C(F)(F)C(O)C(F)(F)F. The highest BCUT2D eigenvalue weighted by Crippen LogP contribution is 2.59. The molecule has 0 amide bonds. The van der Waals surface area contributed by atoms with Crippen LogP contribution in [0.2, 0.25) is 0 Å². The standard InChI is InChI=1S/C14H19F5O2/c15-13(16,12(21)14(17,18)19)11(20)10-8-2-6-1-7(4-8)5-9(10)3-6/h6-12,20-21H,1-5H2. The Bertz CT molecular complexity index is 381. The summed E-state index contributed by atoms with van der Waals surface area (Å²) < 4.78 is 64.9. The number of hydrogen-bond donors (Lipinski definition) is 2. The van der Waals surface area contributed by atoms with E-state index < -0.39 is 30.2 Å². The van der Waals surface area contributed by atoms with Crippen LogP contribution in [0.3, 0.4) is 0 Å². The average molecular weight is 314 g/mol. The van der Waals surface area contributed by atoms with Gasteiger partial charge in [-0.05, 0) is 61.7 Å². The molecule has 4 aliphatic rings. The van der Waals surface area contributed by atoms with Gasteiger partial charge in [0.05, 0.1) is 0 Å². The Balaban J connectivity index is 1.80. The second-order valence-corrected chi connectivity index (χ2v) is 7.07. The van der Waals surface area contributed by atoms with Crippen LogP contribution in [0, 0.1) is 29.6 Å². The summed E-state index contributed by atoms with van der Waals surface area (Å²) in [6.07, 6.45) is -7.73. The quantitative estimate of drug-likeness (QED) is 0.786. The third-order valence-corrected chi connectivity index (χ3v) is 5.73. The first-order chi connectivity index (χ1) is 9.60. The first-order valence-corrected chi connectivity index (χ1v) is 7.41. The first kappa shape index (κ1) is 15.5. The summed E-state index contributed by atoms with van der Waals surface area (Å²) >= 11 is 0. The zero-order valence-electron chi connectivity index (χ0n) is 11.4. The van der Waals surface area contributed by atoms with Gasteiger partial charge in [0, 0.05) is 0 Å². The zero-order chi connectivity index (χ0) is 15.6. The number of aliphatic hydroxyl groups excluding tert-OH is 2. The molecule has 2 nitrogen and oxygen atoms in total. The highest BCUT2D eigenvalue weighted by atomic mass is 19.4. The summed E-state index contributed by atoms with van der Waals surface area (Å²) in [7, 11) is 0. The molecule has 7 heteroatoms. The molecular weight excluding hydrogens is 295 g/mol. The van der Waals surface area contributed by atoms with E-state index in [-0.39, 0.29) is 11.8 Å². The Labute approximate surface area is 119 Å². The molecule has 0 aliphatic heterocycles.